The molecule has 0 unspecified atom stereocenters. The van der Waals surface area contributed by atoms with E-state index in [1.165, 1.54) is 42.2 Å². The molecule has 9 nitrogen and oxygen atoms in total. The van der Waals surface area contributed by atoms with Crippen LogP contribution in [0.25, 0.3) is 0 Å². The zero-order valence-corrected chi connectivity index (χ0v) is 32.9. The molecule has 2 aliphatic heterocycles. The molecule has 4 aliphatic rings. The van der Waals surface area contributed by atoms with Crippen LogP contribution in [-0.2, 0) is 17.6 Å². The standard InChI is InChI=1S/C22H24ClN3O.C22H25ClN2O3/c1-25-17-6-4-10-26(14-17)20-12-16-5-2-3-7-18(16)22(20)27-21-9-8-15(13-24)11-19(21)23;1-27-22(26)15-8-9-20(18(23)11-15)28-21-17-7-3-2-5-14(17)12-19(21)25-10-4-6-16(24)13-25/h2-3,5,7-9,11,17,20,22,25H,4,6,10,12,14H2,1H3;2-3,5,7-9,11,16,19,21H,4,6,10,12-13,24H2,1H3/t17-,20-,22-;16-,19-,21-/m11/s1. The molecule has 288 valence electrons. The van der Waals surface area contributed by atoms with Crippen LogP contribution >= 0.6 is 23.2 Å². The SMILES string of the molecule is CN[C@@H]1CCCN([C@@H]2Cc3ccccc3[C@H]2Oc2ccc(C#N)cc2Cl)C1.COC(=O)c1ccc(O[C@@H]2c3ccccc3C[C@H]2N2CCC[C@@H](N)C2)c(Cl)c1. The first-order chi connectivity index (χ1) is 26.8. The lowest BCUT2D eigenvalue weighted by molar-refractivity contribution is 0.0556. The molecule has 2 aliphatic carbocycles. The summed E-state index contributed by atoms with van der Waals surface area (Å²) in [5.41, 5.74) is 12.3. The lowest BCUT2D eigenvalue weighted by Crippen LogP contribution is -2.50. The molecule has 0 bridgehead atoms. The predicted octanol–water partition coefficient (Wildman–Crippen LogP) is 7.53. The quantitative estimate of drug-likeness (QED) is 0.175. The third-order valence-corrected chi connectivity index (χ3v) is 12.1. The van der Waals surface area contributed by atoms with E-state index < -0.39 is 5.97 Å². The number of hydrogen-bond donors (Lipinski definition) is 2. The maximum absolute atomic E-state index is 11.7. The van der Waals surface area contributed by atoms with Gasteiger partial charge in [0.25, 0.3) is 0 Å². The van der Waals surface area contributed by atoms with Gasteiger partial charge in [0.1, 0.15) is 23.7 Å². The largest absolute Gasteiger partial charge is 0.483 e. The Labute approximate surface area is 334 Å². The molecule has 2 saturated heterocycles. The van der Waals surface area contributed by atoms with Crippen LogP contribution in [0.5, 0.6) is 11.5 Å². The molecule has 0 aromatic heterocycles. The maximum Gasteiger partial charge on any atom is 0.337 e. The van der Waals surface area contributed by atoms with Crippen LogP contribution < -0.4 is 20.5 Å². The molecule has 2 fully saturated rings. The highest BCUT2D eigenvalue weighted by Gasteiger charge is 2.41. The Morgan fingerprint density at radius 3 is 1.91 bits per heavy atom. The highest BCUT2D eigenvalue weighted by atomic mass is 35.5. The molecule has 3 N–H and O–H groups in total. The fourth-order valence-electron chi connectivity index (χ4n) is 8.67. The van der Waals surface area contributed by atoms with Gasteiger partial charge in [-0.05, 0) is 117 Å². The second kappa shape index (κ2) is 17.8. The molecule has 11 heteroatoms. The fraction of sp³-hybridized carbons (Fsp3) is 0.409. The van der Waals surface area contributed by atoms with Crippen molar-refractivity contribution in [2.45, 2.75) is 74.9 Å². The summed E-state index contributed by atoms with van der Waals surface area (Å²) in [6, 6.07) is 30.6. The van der Waals surface area contributed by atoms with Crippen LogP contribution in [0.3, 0.4) is 0 Å². The molecule has 0 amide bonds. The highest BCUT2D eigenvalue weighted by Crippen LogP contribution is 2.42. The summed E-state index contributed by atoms with van der Waals surface area (Å²) in [5, 5.41) is 13.4. The molecular weight excluding hydrogens is 733 g/mol. The van der Waals surface area contributed by atoms with Crippen molar-refractivity contribution in [2.24, 2.45) is 5.73 Å². The number of esters is 1. The number of carbonyl (C=O) groups excluding carboxylic acids is 1. The van der Waals surface area contributed by atoms with Gasteiger partial charge in [-0.2, -0.15) is 5.26 Å². The topological polar surface area (TPSA) is 113 Å². The molecule has 8 rings (SSSR count). The lowest BCUT2D eigenvalue weighted by atomic mass is 10.0. The second-order valence-corrected chi connectivity index (χ2v) is 15.7. The zero-order valence-electron chi connectivity index (χ0n) is 31.4. The minimum Gasteiger partial charge on any atom is -0.483 e. The number of rotatable bonds is 8. The average Bonchev–Trinajstić information content (AvgIpc) is 3.77. The van der Waals surface area contributed by atoms with Gasteiger partial charge in [0, 0.05) is 25.2 Å². The molecular formula is C44H49Cl2N5O4. The number of piperidine rings is 2. The Morgan fingerprint density at radius 2 is 1.36 bits per heavy atom. The van der Waals surface area contributed by atoms with E-state index in [1.54, 1.807) is 30.3 Å². The van der Waals surface area contributed by atoms with Gasteiger partial charge >= 0.3 is 5.97 Å². The van der Waals surface area contributed by atoms with Gasteiger partial charge in [0.15, 0.2) is 0 Å². The summed E-state index contributed by atoms with van der Waals surface area (Å²) in [6.45, 7) is 4.04. The van der Waals surface area contributed by atoms with Crippen molar-refractivity contribution in [2.75, 3.05) is 40.3 Å². The van der Waals surface area contributed by atoms with Crippen molar-refractivity contribution in [3.63, 3.8) is 0 Å². The van der Waals surface area contributed by atoms with E-state index >= 15 is 0 Å². The third kappa shape index (κ3) is 8.81. The van der Waals surface area contributed by atoms with Crippen molar-refractivity contribution in [1.29, 1.82) is 5.26 Å². The van der Waals surface area contributed by atoms with E-state index in [9.17, 15) is 4.79 Å². The number of carbonyl (C=O) groups is 1. The Morgan fingerprint density at radius 1 is 0.800 bits per heavy atom. The van der Waals surface area contributed by atoms with Crippen LogP contribution in [0.1, 0.15) is 76.1 Å². The molecule has 0 radical (unpaired) electrons. The summed E-state index contributed by atoms with van der Waals surface area (Å²) < 4.78 is 17.7. The number of hydrogen-bond acceptors (Lipinski definition) is 9. The number of nitriles is 1. The van der Waals surface area contributed by atoms with E-state index in [4.69, 9.17) is 48.4 Å². The lowest BCUT2D eigenvalue weighted by Gasteiger charge is -2.39. The number of nitrogens with one attached hydrogen (secondary N) is 1. The van der Waals surface area contributed by atoms with Crippen LogP contribution in [0.15, 0.2) is 84.9 Å². The zero-order chi connectivity index (χ0) is 38.5. The van der Waals surface area contributed by atoms with Crippen molar-refractivity contribution < 1.29 is 19.0 Å². The molecule has 55 heavy (non-hydrogen) atoms. The van der Waals surface area contributed by atoms with Crippen molar-refractivity contribution in [3.8, 4) is 17.6 Å². The number of nitrogens with zero attached hydrogens (tertiary/aromatic N) is 3. The Hall–Kier alpha value is -4.14. The first kappa shape index (κ1) is 39.1. The van der Waals surface area contributed by atoms with Gasteiger partial charge in [-0.1, -0.05) is 71.7 Å². The Kier molecular flexibility index (Phi) is 12.6. The summed E-state index contributed by atoms with van der Waals surface area (Å²) in [5.74, 6) is 0.798. The molecule has 4 aromatic rings. The van der Waals surface area contributed by atoms with Gasteiger partial charge in [-0.3, -0.25) is 9.80 Å². The monoisotopic (exact) mass is 781 g/mol. The number of benzene rings is 4. The number of methoxy groups -OCH3 is 1. The average molecular weight is 783 g/mol. The Bertz CT molecular complexity index is 2020. The van der Waals surface area contributed by atoms with Crippen LogP contribution in [0, 0.1) is 11.3 Å². The third-order valence-electron chi connectivity index (χ3n) is 11.5. The maximum atomic E-state index is 11.7. The van der Waals surface area contributed by atoms with E-state index in [2.05, 4.69) is 63.7 Å². The van der Waals surface area contributed by atoms with Gasteiger partial charge in [-0.15, -0.1) is 0 Å². The number of likely N-dealkylation sites (N-methyl/N-ethyl adjacent to an activating group) is 1. The fourth-order valence-corrected chi connectivity index (χ4v) is 9.12. The summed E-state index contributed by atoms with van der Waals surface area (Å²) >= 11 is 12.8. The van der Waals surface area contributed by atoms with E-state index in [1.807, 2.05) is 19.2 Å². The summed E-state index contributed by atoms with van der Waals surface area (Å²) in [6.07, 6.45) is 6.35. The summed E-state index contributed by atoms with van der Waals surface area (Å²) in [7, 11) is 3.39. The van der Waals surface area contributed by atoms with Gasteiger partial charge in [0.05, 0.1) is 46.4 Å². The van der Waals surface area contributed by atoms with Gasteiger partial charge < -0.3 is 25.3 Å². The summed E-state index contributed by atoms with van der Waals surface area (Å²) in [4.78, 5) is 16.8. The smallest absolute Gasteiger partial charge is 0.337 e. The van der Waals surface area contributed by atoms with Crippen LogP contribution in [0.4, 0.5) is 0 Å². The molecule has 0 saturated carbocycles. The second-order valence-electron chi connectivity index (χ2n) is 14.9. The number of fused-ring (bicyclic) bond motifs is 2. The van der Waals surface area contributed by atoms with Gasteiger partial charge in [-0.25, -0.2) is 4.79 Å². The number of nitrogens with two attached hydrogens (primary N) is 1. The first-order valence-corrected chi connectivity index (χ1v) is 20.0. The first-order valence-electron chi connectivity index (χ1n) is 19.2. The molecule has 6 atom stereocenters. The Balaban J connectivity index is 0.000000169. The van der Waals surface area contributed by atoms with Crippen LogP contribution in [0.2, 0.25) is 10.0 Å². The minimum absolute atomic E-state index is 0.0535. The molecule has 0 spiro atoms. The number of ether oxygens (including phenoxy) is 3. The molecule has 2 heterocycles. The van der Waals surface area contributed by atoms with E-state index in [-0.39, 0.29) is 24.3 Å². The van der Waals surface area contributed by atoms with Crippen molar-refractivity contribution in [3.05, 3.63) is 128 Å². The van der Waals surface area contributed by atoms with Crippen LogP contribution in [-0.4, -0.2) is 80.3 Å². The van der Waals surface area contributed by atoms with E-state index in [0.29, 0.717) is 44.8 Å². The predicted molar refractivity (Wildman–Crippen MR) is 216 cm³/mol. The minimum atomic E-state index is -0.417. The van der Waals surface area contributed by atoms with Crippen molar-refractivity contribution >= 4 is 29.2 Å². The highest BCUT2D eigenvalue weighted by molar-refractivity contribution is 6.32. The van der Waals surface area contributed by atoms with Crippen molar-refractivity contribution in [1.82, 2.24) is 15.1 Å². The number of halogens is 2. The van der Waals surface area contributed by atoms with Gasteiger partial charge in [0.2, 0.25) is 0 Å². The normalized spacial score (nSPS) is 24.8. The number of likely N-dealkylation sites (tertiary alicyclic amines) is 2. The molecule has 4 aromatic carbocycles. The van der Waals surface area contributed by atoms with E-state index in [0.717, 1.165) is 51.9 Å².